The number of pyridine rings is 1. The molecule has 0 saturated carbocycles. The molecule has 7 heteroatoms. The van der Waals surface area contributed by atoms with Crippen LogP contribution in [0.2, 0.25) is 0 Å². The van der Waals surface area contributed by atoms with Gasteiger partial charge in [-0.15, -0.1) is 0 Å². The Morgan fingerprint density at radius 1 is 0.943 bits per heavy atom. The van der Waals surface area contributed by atoms with E-state index in [4.69, 9.17) is 18.9 Å². The highest BCUT2D eigenvalue weighted by atomic mass is 16.6. The minimum absolute atomic E-state index is 0.217. The summed E-state index contributed by atoms with van der Waals surface area (Å²) in [6.07, 6.45) is 2.99. The van der Waals surface area contributed by atoms with Crippen LogP contribution in [0.3, 0.4) is 0 Å². The molecule has 0 spiro atoms. The Morgan fingerprint density at radius 3 is 2.23 bits per heavy atom. The van der Waals surface area contributed by atoms with Crippen molar-refractivity contribution in [1.29, 1.82) is 0 Å². The molecule has 1 heterocycles. The van der Waals surface area contributed by atoms with E-state index < -0.39 is 11.6 Å². The number of aromatic nitrogens is 1. The number of fused-ring (bicyclic) bond motifs is 1. The maximum atomic E-state index is 12.6. The fraction of sp³-hybridized carbons (Fsp3) is 0.393. The van der Waals surface area contributed by atoms with Crippen molar-refractivity contribution in [3.05, 3.63) is 65.0 Å². The van der Waals surface area contributed by atoms with Gasteiger partial charge in [-0.2, -0.15) is 0 Å². The SMILES string of the molecule is CCOC(=O)c1cnc(Cc2cccc(CCC(=O)OC(C)(C)C)c2)c2cc(OC)c(OC)cc12. The molecule has 0 bridgehead atoms. The molecule has 0 N–H and O–H groups in total. The van der Waals surface area contributed by atoms with Gasteiger partial charge in [0.05, 0.1) is 32.1 Å². The molecule has 3 rings (SSSR count). The van der Waals surface area contributed by atoms with E-state index in [1.807, 2.05) is 45.0 Å². The van der Waals surface area contributed by atoms with Crippen molar-refractivity contribution in [1.82, 2.24) is 4.98 Å². The monoisotopic (exact) mass is 479 g/mol. The van der Waals surface area contributed by atoms with Crippen molar-refractivity contribution in [2.45, 2.75) is 52.6 Å². The van der Waals surface area contributed by atoms with Crippen LogP contribution < -0.4 is 9.47 Å². The predicted molar refractivity (Wildman–Crippen MR) is 134 cm³/mol. The van der Waals surface area contributed by atoms with Gasteiger partial charge in [0.25, 0.3) is 0 Å². The molecule has 0 aliphatic carbocycles. The van der Waals surface area contributed by atoms with Crippen molar-refractivity contribution in [2.24, 2.45) is 0 Å². The third-order valence-electron chi connectivity index (χ3n) is 5.37. The summed E-state index contributed by atoms with van der Waals surface area (Å²) >= 11 is 0. The van der Waals surface area contributed by atoms with Gasteiger partial charge in [0.2, 0.25) is 0 Å². The van der Waals surface area contributed by atoms with Gasteiger partial charge in [-0.1, -0.05) is 24.3 Å². The van der Waals surface area contributed by atoms with Crippen LogP contribution in [-0.2, 0) is 27.1 Å². The fourth-order valence-corrected chi connectivity index (χ4v) is 3.86. The van der Waals surface area contributed by atoms with Crippen LogP contribution in [0.5, 0.6) is 11.5 Å². The lowest BCUT2D eigenvalue weighted by molar-refractivity contribution is -0.154. The minimum atomic E-state index is -0.495. The average Bonchev–Trinajstić information content (AvgIpc) is 2.81. The first-order chi connectivity index (χ1) is 16.6. The summed E-state index contributed by atoms with van der Waals surface area (Å²) in [6.45, 7) is 7.62. The highest BCUT2D eigenvalue weighted by molar-refractivity contribution is 6.05. The largest absolute Gasteiger partial charge is 0.493 e. The Hall–Kier alpha value is -3.61. The van der Waals surface area contributed by atoms with Gasteiger partial charge in [0, 0.05) is 29.8 Å². The molecule has 186 valence electrons. The number of esters is 2. The van der Waals surface area contributed by atoms with Crippen LogP contribution >= 0.6 is 0 Å². The quantitative estimate of drug-likeness (QED) is 0.385. The van der Waals surface area contributed by atoms with E-state index in [0.29, 0.717) is 41.7 Å². The van der Waals surface area contributed by atoms with Crippen LogP contribution in [-0.4, -0.2) is 43.4 Å². The van der Waals surface area contributed by atoms with Crippen molar-refractivity contribution >= 4 is 22.7 Å². The Bertz CT molecular complexity index is 1210. The number of nitrogens with zero attached hydrogens (tertiary/aromatic N) is 1. The zero-order chi connectivity index (χ0) is 25.6. The Balaban J connectivity index is 1.93. The van der Waals surface area contributed by atoms with E-state index in [1.54, 1.807) is 33.4 Å². The summed E-state index contributed by atoms with van der Waals surface area (Å²) in [7, 11) is 3.12. The van der Waals surface area contributed by atoms with Gasteiger partial charge in [0.15, 0.2) is 11.5 Å². The lowest BCUT2D eigenvalue weighted by Crippen LogP contribution is -2.24. The molecule has 2 aromatic carbocycles. The number of hydrogen-bond acceptors (Lipinski definition) is 7. The topological polar surface area (TPSA) is 84.0 Å². The molecular weight excluding hydrogens is 446 g/mol. The first-order valence-corrected chi connectivity index (χ1v) is 11.7. The third-order valence-corrected chi connectivity index (χ3v) is 5.37. The summed E-state index contributed by atoms with van der Waals surface area (Å²) in [6, 6.07) is 11.7. The van der Waals surface area contributed by atoms with E-state index >= 15 is 0 Å². The molecule has 35 heavy (non-hydrogen) atoms. The normalized spacial score (nSPS) is 11.3. The van der Waals surface area contributed by atoms with Gasteiger partial charge >= 0.3 is 11.9 Å². The van der Waals surface area contributed by atoms with Crippen molar-refractivity contribution < 1.29 is 28.5 Å². The first kappa shape index (κ1) is 26.0. The van der Waals surface area contributed by atoms with Crippen molar-refractivity contribution in [2.75, 3.05) is 20.8 Å². The Morgan fingerprint density at radius 2 is 1.60 bits per heavy atom. The summed E-state index contributed by atoms with van der Waals surface area (Å²) in [5.74, 6) is 0.418. The number of aryl methyl sites for hydroxylation is 1. The molecule has 0 unspecified atom stereocenters. The standard InChI is InChI=1S/C28H33NO6/c1-7-34-27(31)22-17-29-23(21-16-25(33-6)24(32-5)15-20(21)22)14-19-10-8-9-18(13-19)11-12-26(30)35-28(2,3)4/h8-10,13,15-17H,7,11-12,14H2,1-6H3. The number of ether oxygens (including phenoxy) is 4. The van der Waals surface area contributed by atoms with Crippen LogP contribution in [0.25, 0.3) is 10.8 Å². The smallest absolute Gasteiger partial charge is 0.340 e. The number of benzene rings is 2. The molecule has 0 saturated heterocycles. The van der Waals surface area contributed by atoms with E-state index in [0.717, 1.165) is 22.2 Å². The third kappa shape index (κ3) is 6.72. The average molecular weight is 480 g/mol. The number of carbonyl (C=O) groups excluding carboxylic acids is 2. The zero-order valence-corrected chi connectivity index (χ0v) is 21.3. The molecular formula is C28H33NO6. The maximum absolute atomic E-state index is 12.6. The molecule has 0 radical (unpaired) electrons. The molecule has 1 aromatic heterocycles. The maximum Gasteiger partial charge on any atom is 0.340 e. The molecule has 0 aliphatic heterocycles. The van der Waals surface area contributed by atoms with Crippen LogP contribution in [0.1, 0.15) is 61.3 Å². The molecule has 0 aliphatic rings. The van der Waals surface area contributed by atoms with Gasteiger partial charge < -0.3 is 18.9 Å². The molecule has 3 aromatic rings. The van der Waals surface area contributed by atoms with Crippen LogP contribution in [0, 0.1) is 0 Å². The minimum Gasteiger partial charge on any atom is -0.493 e. The predicted octanol–water partition coefficient (Wildman–Crippen LogP) is 5.29. The zero-order valence-electron chi connectivity index (χ0n) is 21.3. The molecule has 7 nitrogen and oxygen atoms in total. The van der Waals surface area contributed by atoms with Crippen LogP contribution in [0.15, 0.2) is 42.6 Å². The highest BCUT2D eigenvalue weighted by Gasteiger charge is 2.19. The molecule has 0 atom stereocenters. The van der Waals surface area contributed by atoms with Gasteiger partial charge in [-0.05, 0) is 57.4 Å². The van der Waals surface area contributed by atoms with E-state index in [2.05, 4.69) is 11.1 Å². The van der Waals surface area contributed by atoms with Crippen LogP contribution in [0.4, 0.5) is 0 Å². The summed E-state index contributed by atoms with van der Waals surface area (Å²) in [5.41, 5.74) is 2.75. The van der Waals surface area contributed by atoms with Gasteiger partial charge in [-0.3, -0.25) is 9.78 Å². The lowest BCUT2D eigenvalue weighted by atomic mass is 9.98. The van der Waals surface area contributed by atoms with E-state index in [-0.39, 0.29) is 12.6 Å². The van der Waals surface area contributed by atoms with E-state index in [1.165, 1.54) is 0 Å². The first-order valence-electron chi connectivity index (χ1n) is 11.7. The second-order valence-corrected chi connectivity index (χ2v) is 9.17. The van der Waals surface area contributed by atoms with Crippen molar-refractivity contribution in [3.63, 3.8) is 0 Å². The highest BCUT2D eigenvalue weighted by Crippen LogP contribution is 2.35. The van der Waals surface area contributed by atoms with Gasteiger partial charge in [0.1, 0.15) is 5.60 Å². The number of rotatable bonds is 9. The van der Waals surface area contributed by atoms with Gasteiger partial charge in [-0.25, -0.2) is 4.79 Å². The Kier molecular flexibility index (Phi) is 8.33. The fourth-order valence-electron chi connectivity index (χ4n) is 3.86. The molecule has 0 fully saturated rings. The number of carbonyl (C=O) groups is 2. The second kappa shape index (κ2) is 11.2. The number of hydrogen-bond donors (Lipinski definition) is 0. The summed E-state index contributed by atoms with van der Waals surface area (Å²) in [4.78, 5) is 29.3. The number of methoxy groups -OCH3 is 2. The molecule has 0 amide bonds. The van der Waals surface area contributed by atoms with Crippen molar-refractivity contribution in [3.8, 4) is 11.5 Å². The Labute approximate surface area is 206 Å². The summed E-state index contributed by atoms with van der Waals surface area (Å²) < 4.78 is 21.6. The van der Waals surface area contributed by atoms with E-state index in [9.17, 15) is 9.59 Å². The summed E-state index contributed by atoms with van der Waals surface area (Å²) in [5, 5.41) is 1.47. The second-order valence-electron chi connectivity index (χ2n) is 9.17. The lowest BCUT2D eigenvalue weighted by Gasteiger charge is -2.19.